The fraction of sp³-hybridized carbons (Fsp3) is 0.667. The van der Waals surface area contributed by atoms with Gasteiger partial charge in [-0.25, -0.2) is 18.1 Å². The highest BCUT2D eigenvalue weighted by Crippen LogP contribution is 2.05. The molecule has 0 bridgehead atoms. The molecule has 92 valence electrons. The molecule has 1 aromatic rings. The third kappa shape index (κ3) is 4.23. The molecule has 0 aliphatic carbocycles. The van der Waals surface area contributed by atoms with Crippen LogP contribution in [0, 0.1) is 6.92 Å². The minimum absolute atomic E-state index is 0.130. The second kappa shape index (κ2) is 6.36. The largest absolute Gasteiger partial charge is 0.332 e. The van der Waals surface area contributed by atoms with Gasteiger partial charge in [0.25, 0.3) is 10.0 Å². The van der Waals surface area contributed by atoms with Gasteiger partial charge in [0.2, 0.25) is 0 Å². The number of aromatic amines is 1. The number of imidazole rings is 1. The molecule has 0 spiro atoms. The minimum atomic E-state index is -3.41. The van der Waals surface area contributed by atoms with Crippen LogP contribution in [-0.4, -0.2) is 30.3 Å². The Morgan fingerprint density at radius 3 is 2.75 bits per heavy atom. The van der Waals surface area contributed by atoms with Crippen molar-refractivity contribution in [3.63, 3.8) is 0 Å². The molecule has 5 nitrogen and oxygen atoms in total. The highest BCUT2D eigenvalue weighted by molar-refractivity contribution is 9.09. The molecule has 2 N–H and O–H groups in total. The molecule has 0 fully saturated rings. The van der Waals surface area contributed by atoms with Crippen LogP contribution in [0.15, 0.2) is 11.2 Å². The van der Waals surface area contributed by atoms with E-state index in [1.165, 1.54) is 6.20 Å². The van der Waals surface area contributed by atoms with Crippen LogP contribution in [0.2, 0.25) is 0 Å². The number of halogens is 1. The summed E-state index contributed by atoms with van der Waals surface area (Å²) < 4.78 is 25.9. The maximum absolute atomic E-state index is 11.7. The van der Waals surface area contributed by atoms with Crippen LogP contribution in [-0.2, 0) is 10.0 Å². The van der Waals surface area contributed by atoms with Crippen molar-refractivity contribution in [1.82, 2.24) is 14.7 Å². The van der Waals surface area contributed by atoms with E-state index >= 15 is 0 Å². The van der Waals surface area contributed by atoms with Gasteiger partial charge >= 0.3 is 0 Å². The maximum Gasteiger partial charge on any atom is 0.257 e. The number of rotatable bonds is 7. The number of nitrogens with one attached hydrogen (secondary N) is 2. The summed E-state index contributed by atoms with van der Waals surface area (Å²) in [7, 11) is -3.41. The van der Waals surface area contributed by atoms with E-state index in [4.69, 9.17) is 0 Å². The minimum Gasteiger partial charge on any atom is -0.332 e. The summed E-state index contributed by atoms with van der Waals surface area (Å²) in [5.74, 6) is 0.597. The van der Waals surface area contributed by atoms with E-state index in [9.17, 15) is 8.42 Å². The van der Waals surface area contributed by atoms with E-state index in [1.54, 1.807) is 6.92 Å². The van der Waals surface area contributed by atoms with Crippen molar-refractivity contribution in [2.75, 3.05) is 11.9 Å². The van der Waals surface area contributed by atoms with Gasteiger partial charge in [-0.05, 0) is 19.8 Å². The molecular weight excluding hydrogens is 294 g/mol. The van der Waals surface area contributed by atoms with Crippen LogP contribution in [0.1, 0.15) is 25.1 Å². The Labute approximate surface area is 104 Å². The Balaban J connectivity index is 2.41. The molecule has 0 radical (unpaired) electrons. The van der Waals surface area contributed by atoms with Crippen LogP contribution in [0.25, 0.3) is 0 Å². The smallest absolute Gasteiger partial charge is 0.257 e. The first-order chi connectivity index (χ1) is 7.56. The average molecular weight is 310 g/mol. The zero-order chi connectivity index (χ0) is 12.0. The molecule has 0 atom stereocenters. The van der Waals surface area contributed by atoms with Gasteiger partial charge in [0, 0.05) is 11.9 Å². The summed E-state index contributed by atoms with van der Waals surface area (Å²) in [4.78, 5) is 6.56. The van der Waals surface area contributed by atoms with E-state index in [0.717, 1.165) is 24.6 Å². The first-order valence-corrected chi connectivity index (χ1v) is 7.74. The number of aromatic nitrogens is 2. The van der Waals surface area contributed by atoms with E-state index in [-0.39, 0.29) is 5.03 Å². The fourth-order valence-electron chi connectivity index (χ4n) is 1.22. The second-order valence-corrected chi connectivity index (χ2v) is 6.01. The zero-order valence-electron chi connectivity index (χ0n) is 9.16. The highest BCUT2D eigenvalue weighted by Gasteiger charge is 2.15. The summed E-state index contributed by atoms with van der Waals surface area (Å²) >= 11 is 3.33. The third-order valence-corrected chi connectivity index (χ3v) is 4.00. The van der Waals surface area contributed by atoms with Gasteiger partial charge in [-0.2, -0.15) is 0 Å². The van der Waals surface area contributed by atoms with Crippen molar-refractivity contribution >= 4 is 26.0 Å². The summed E-state index contributed by atoms with van der Waals surface area (Å²) in [6.45, 7) is 2.18. The number of unbranched alkanes of at least 4 members (excludes halogenated alkanes) is 2. The Morgan fingerprint density at radius 2 is 2.19 bits per heavy atom. The molecule has 0 amide bonds. The normalized spacial score (nSPS) is 11.9. The number of hydrogen-bond donors (Lipinski definition) is 2. The van der Waals surface area contributed by atoms with Crippen LogP contribution in [0.4, 0.5) is 0 Å². The van der Waals surface area contributed by atoms with Crippen molar-refractivity contribution in [1.29, 1.82) is 0 Å². The van der Waals surface area contributed by atoms with E-state index in [1.807, 2.05) is 0 Å². The van der Waals surface area contributed by atoms with Gasteiger partial charge in [0.15, 0.2) is 5.03 Å². The maximum atomic E-state index is 11.7. The van der Waals surface area contributed by atoms with Crippen LogP contribution in [0.3, 0.4) is 0 Å². The summed E-state index contributed by atoms with van der Waals surface area (Å²) in [5, 5.41) is 1.09. The van der Waals surface area contributed by atoms with Gasteiger partial charge in [-0.3, -0.25) is 0 Å². The van der Waals surface area contributed by atoms with Crippen molar-refractivity contribution in [2.24, 2.45) is 0 Å². The molecule has 16 heavy (non-hydrogen) atoms. The molecule has 0 aromatic carbocycles. The molecule has 0 saturated carbocycles. The molecule has 0 aliphatic heterocycles. The highest BCUT2D eigenvalue weighted by atomic mass is 79.9. The van der Waals surface area contributed by atoms with E-state index in [0.29, 0.717) is 12.4 Å². The Kier molecular flexibility index (Phi) is 5.43. The standard InChI is InChI=1S/C9H16BrN3O2S/c1-8-11-7-9(13-8)16(14,15)12-6-4-2-3-5-10/h7,12H,2-6H2,1H3,(H,11,13). The number of nitrogens with zero attached hydrogens (tertiary/aromatic N) is 1. The van der Waals surface area contributed by atoms with E-state index < -0.39 is 10.0 Å². The molecule has 0 unspecified atom stereocenters. The molecule has 7 heteroatoms. The SMILES string of the molecule is Cc1ncc(S(=O)(=O)NCCCCCBr)[nH]1. The van der Waals surface area contributed by atoms with Gasteiger partial charge in [-0.1, -0.05) is 22.4 Å². The summed E-state index contributed by atoms with van der Waals surface area (Å²) in [5.41, 5.74) is 0. The first kappa shape index (κ1) is 13.7. The van der Waals surface area contributed by atoms with Crippen LogP contribution < -0.4 is 4.72 Å². The lowest BCUT2D eigenvalue weighted by molar-refractivity contribution is 0.573. The number of sulfonamides is 1. The topological polar surface area (TPSA) is 74.8 Å². The van der Waals surface area contributed by atoms with Crippen LogP contribution >= 0.6 is 15.9 Å². The average Bonchev–Trinajstić information content (AvgIpc) is 2.65. The Hall–Kier alpha value is -0.400. The monoisotopic (exact) mass is 309 g/mol. The lowest BCUT2D eigenvalue weighted by atomic mass is 10.3. The number of hydrogen-bond acceptors (Lipinski definition) is 3. The number of H-pyrrole nitrogens is 1. The van der Waals surface area contributed by atoms with Gasteiger partial charge < -0.3 is 4.98 Å². The summed E-state index contributed by atoms with van der Waals surface area (Å²) in [6, 6.07) is 0. The number of aryl methyl sites for hydroxylation is 1. The van der Waals surface area contributed by atoms with E-state index in [2.05, 4.69) is 30.6 Å². The van der Waals surface area contributed by atoms with Crippen molar-refractivity contribution < 1.29 is 8.42 Å². The third-order valence-electron chi connectivity index (χ3n) is 2.07. The molecule has 1 heterocycles. The quantitative estimate of drug-likeness (QED) is 0.593. The molecule has 0 saturated heterocycles. The Bertz CT molecular complexity index is 416. The van der Waals surface area contributed by atoms with Crippen molar-refractivity contribution in [3.8, 4) is 0 Å². The lowest BCUT2D eigenvalue weighted by Gasteiger charge is -2.03. The predicted molar refractivity (Wildman–Crippen MR) is 66.2 cm³/mol. The number of alkyl halides is 1. The van der Waals surface area contributed by atoms with Crippen molar-refractivity contribution in [3.05, 3.63) is 12.0 Å². The first-order valence-electron chi connectivity index (χ1n) is 5.13. The molecule has 0 aliphatic rings. The fourth-order valence-corrected chi connectivity index (χ4v) is 2.65. The Morgan fingerprint density at radius 1 is 1.44 bits per heavy atom. The lowest BCUT2D eigenvalue weighted by Crippen LogP contribution is -2.25. The molecule has 1 aromatic heterocycles. The zero-order valence-corrected chi connectivity index (χ0v) is 11.6. The molecule has 1 rings (SSSR count). The predicted octanol–water partition coefficient (Wildman–Crippen LogP) is 1.56. The van der Waals surface area contributed by atoms with Gasteiger partial charge in [0.05, 0.1) is 6.20 Å². The van der Waals surface area contributed by atoms with Gasteiger partial charge in [0.1, 0.15) is 5.82 Å². The molecular formula is C9H16BrN3O2S. The van der Waals surface area contributed by atoms with Gasteiger partial charge in [-0.15, -0.1) is 0 Å². The summed E-state index contributed by atoms with van der Waals surface area (Å²) in [6.07, 6.45) is 4.24. The van der Waals surface area contributed by atoms with Crippen LogP contribution in [0.5, 0.6) is 0 Å². The second-order valence-electron chi connectivity index (χ2n) is 3.48. The van der Waals surface area contributed by atoms with Crippen molar-refractivity contribution in [2.45, 2.75) is 31.2 Å².